The molecule has 68 valence electrons. The minimum absolute atomic E-state index is 0.658. The summed E-state index contributed by atoms with van der Waals surface area (Å²) >= 11 is 1.72. The number of anilines is 1. The van der Waals surface area contributed by atoms with Gasteiger partial charge in [-0.3, -0.25) is 5.10 Å². The Bertz CT molecular complexity index is 365. The molecule has 2 aromatic rings. The molecule has 2 aromatic heterocycles. The summed E-state index contributed by atoms with van der Waals surface area (Å²) in [5.74, 6) is 1.49. The van der Waals surface area contributed by atoms with Crippen LogP contribution in [-0.2, 0) is 6.54 Å². The highest BCUT2D eigenvalue weighted by Crippen LogP contribution is 2.09. The Hall–Kier alpha value is -1.36. The van der Waals surface area contributed by atoms with Crippen LogP contribution in [0.4, 0.5) is 5.95 Å². The number of H-pyrrole nitrogens is 1. The van der Waals surface area contributed by atoms with Crippen LogP contribution in [0.3, 0.4) is 0 Å². The predicted molar refractivity (Wildman–Crippen MR) is 52.8 cm³/mol. The van der Waals surface area contributed by atoms with Gasteiger partial charge in [0, 0.05) is 4.88 Å². The molecule has 0 unspecified atom stereocenters. The maximum absolute atomic E-state index is 4.14. The van der Waals surface area contributed by atoms with Gasteiger partial charge in [-0.15, -0.1) is 16.4 Å². The van der Waals surface area contributed by atoms with Gasteiger partial charge < -0.3 is 5.32 Å². The molecule has 0 aliphatic heterocycles. The Morgan fingerprint density at radius 1 is 1.62 bits per heavy atom. The molecule has 0 saturated heterocycles. The van der Waals surface area contributed by atoms with E-state index in [0.29, 0.717) is 5.95 Å². The van der Waals surface area contributed by atoms with Crippen molar-refractivity contribution in [3.05, 3.63) is 28.2 Å². The maximum atomic E-state index is 4.14. The lowest BCUT2D eigenvalue weighted by atomic mass is 10.5. The zero-order valence-electron chi connectivity index (χ0n) is 7.24. The van der Waals surface area contributed by atoms with Crippen LogP contribution in [0.2, 0.25) is 0 Å². The highest BCUT2D eigenvalue weighted by Gasteiger charge is 1.98. The topological polar surface area (TPSA) is 53.6 Å². The van der Waals surface area contributed by atoms with E-state index in [9.17, 15) is 0 Å². The van der Waals surface area contributed by atoms with Crippen LogP contribution in [0, 0.1) is 6.92 Å². The van der Waals surface area contributed by atoms with E-state index >= 15 is 0 Å². The molecule has 13 heavy (non-hydrogen) atoms. The third-order valence-electron chi connectivity index (χ3n) is 1.60. The van der Waals surface area contributed by atoms with E-state index in [1.165, 1.54) is 4.88 Å². The number of aryl methyl sites for hydroxylation is 1. The second-order valence-electron chi connectivity index (χ2n) is 2.68. The fourth-order valence-corrected chi connectivity index (χ4v) is 1.65. The van der Waals surface area contributed by atoms with E-state index in [4.69, 9.17) is 0 Å². The monoisotopic (exact) mass is 194 g/mol. The van der Waals surface area contributed by atoms with Crippen LogP contribution in [0.25, 0.3) is 0 Å². The zero-order chi connectivity index (χ0) is 9.10. The van der Waals surface area contributed by atoms with Gasteiger partial charge in [0.2, 0.25) is 5.95 Å². The van der Waals surface area contributed by atoms with Crippen LogP contribution >= 0.6 is 11.3 Å². The molecule has 0 atom stereocenters. The lowest BCUT2D eigenvalue weighted by Gasteiger charge is -1.96. The summed E-state index contributed by atoms with van der Waals surface area (Å²) in [6.45, 7) is 2.66. The summed E-state index contributed by atoms with van der Waals surface area (Å²) in [4.78, 5) is 5.42. The van der Waals surface area contributed by atoms with Crippen LogP contribution in [0.1, 0.15) is 10.7 Å². The zero-order valence-corrected chi connectivity index (χ0v) is 8.06. The second-order valence-corrected chi connectivity index (χ2v) is 3.71. The Kier molecular flexibility index (Phi) is 2.27. The summed E-state index contributed by atoms with van der Waals surface area (Å²) in [6, 6.07) is 4.11. The average molecular weight is 194 g/mol. The van der Waals surface area contributed by atoms with Crippen LogP contribution < -0.4 is 5.32 Å². The fraction of sp³-hybridized carbons (Fsp3) is 0.250. The van der Waals surface area contributed by atoms with Gasteiger partial charge in [-0.2, -0.15) is 4.98 Å². The number of thiophene rings is 1. The number of hydrogen-bond donors (Lipinski definition) is 2. The summed E-state index contributed by atoms with van der Waals surface area (Å²) in [5.41, 5.74) is 0. The summed E-state index contributed by atoms with van der Waals surface area (Å²) < 4.78 is 0. The maximum Gasteiger partial charge on any atom is 0.242 e. The lowest BCUT2D eigenvalue weighted by Crippen LogP contribution is -1.98. The molecule has 0 radical (unpaired) electrons. The molecule has 2 heterocycles. The standard InChI is InChI=1S/C8H10N4S/c1-6-10-8(12-11-6)9-5-7-3-2-4-13-7/h2-4H,5H2,1H3,(H2,9,10,11,12). The van der Waals surface area contributed by atoms with Crippen LogP contribution in [0.5, 0.6) is 0 Å². The van der Waals surface area contributed by atoms with E-state index in [0.717, 1.165) is 12.4 Å². The van der Waals surface area contributed by atoms with Crippen molar-refractivity contribution < 1.29 is 0 Å². The molecular formula is C8H10N4S. The van der Waals surface area contributed by atoms with Crippen molar-refractivity contribution in [2.75, 3.05) is 5.32 Å². The smallest absolute Gasteiger partial charge is 0.242 e. The van der Waals surface area contributed by atoms with Crippen molar-refractivity contribution in [1.82, 2.24) is 15.2 Å². The highest BCUT2D eigenvalue weighted by atomic mass is 32.1. The Morgan fingerprint density at radius 3 is 3.15 bits per heavy atom. The molecule has 5 heteroatoms. The molecule has 2 N–H and O–H groups in total. The number of nitrogens with one attached hydrogen (secondary N) is 2. The molecule has 0 aliphatic rings. The van der Waals surface area contributed by atoms with Crippen molar-refractivity contribution in [3.8, 4) is 0 Å². The third-order valence-corrected chi connectivity index (χ3v) is 2.47. The Morgan fingerprint density at radius 2 is 2.54 bits per heavy atom. The van der Waals surface area contributed by atoms with Crippen molar-refractivity contribution >= 4 is 17.3 Å². The molecule has 0 aromatic carbocycles. The first kappa shape index (κ1) is 8.25. The number of aromatic amines is 1. The molecule has 0 fully saturated rings. The number of aromatic nitrogens is 3. The van der Waals surface area contributed by atoms with Crippen molar-refractivity contribution in [2.45, 2.75) is 13.5 Å². The number of hydrogen-bond acceptors (Lipinski definition) is 4. The quantitative estimate of drug-likeness (QED) is 0.783. The largest absolute Gasteiger partial charge is 0.348 e. The van der Waals surface area contributed by atoms with E-state index in [1.54, 1.807) is 11.3 Å². The van der Waals surface area contributed by atoms with Gasteiger partial charge in [0.1, 0.15) is 5.82 Å². The van der Waals surface area contributed by atoms with Gasteiger partial charge in [0.15, 0.2) is 0 Å². The first-order chi connectivity index (χ1) is 6.34. The predicted octanol–water partition coefficient (Wildman–Crippen LogP) is 1.79. The van der Waals surface area contributed by atoms with Crippen molar-refractivity contribution in [1.29, 1.82) is 0 Å². The van der Waals surface area contributed by atoms with E-state index < -0.39 is 0 Å². The molecule has 0 amide bonds. The third kappa shape index (κ3) is 2.06. The molecule has 0 aliphatic carbocycles. The normalized spacial score (nSPS) is 10.2. The first-order valence-corrected chi connectivity index (χ1v) is 4.88. The number of rotatable bonds is 3. The van der Waals surface area contributed by atoms with Gasteiger partial charge in [0.25, 0.3) is 0 Å². The average Bonchev–Trinajstić information content (AvgIpc) is 2.71. The fourth-order valence-electron chi connectivity index (χ4n) is 1.00. The Balaban J connectivity index is 1.93. The summed E-state index contributed by atoms with van der Waals surface area (Å²) in [5, 5.41) is 11.9. The van der Waals surface area contributed by atoms with Crippen molar-refractivity contribution in [3.63, 3.8) is 0 Å². The molecule has 0 spiro atoms. The van der Waals surface area contributed by atoms with Crippen molar-refractivity contribution in [2.24, 2.45) is 0 Å². The van der Waals surface area contributed by atoms with Gasteiger partial charge in [0.05, 0.1) is 6.54 Å². The molecule has 2 rings (SSSR count). The minimum Gasteiger partial charge on any atom is -0.348 e. The van der Waals surface area contributed by atoms with Crippen LogP contribution in [-0.4, -0.2) is 15.2 Å². The molecule has 0 bridgehead atoms. The molecular weight excluding hydrogens is 184 g/mol. The SMILES string of the molecule is Cc1nc(NCc2cccs2)n[nH]1. The van der Waals surface area contributed by atoms with E-state index in [2.05, 4.69) is 31.9 Å². The molecule has 4 nitrogen and oxygen atoms in total. The minimum atomic E-state index is 0.658. The van der Waals surface area contributed by atoms with Gasteiger partial charge in [-0.05, 0) is 18.4 Å². The van der Waals surface area contributed by atoms with Gasteiger partial charge in [-0.1, -0.05) is 6.07 Å². The second kappa shape index (κ2) is 3.57. The molecule has 0 saturated carbocycles. The number of nitrogens with zero attached hydrogens (tertiary/aromatic N) is 2. The summed E-state index contributed by atoms with van der Waals surface area (Å²) in [6.07, 6.45) is 0. The summed E-state index contributed by atoms with van der Waals surface area (Å²) in [7, 11) is 0. The van der Waals surface area contributed by atoms with E-state index in [-0.39, 0.29) is 0 Å². The first-order valence-electron chi connectivity index (χ1n) is 4.00. The van der Waals surface area contributed by atoms with E-state index in [1.807, 2.05) is 13.0 Å². The lowest BCUT2D eigenvalue weighted by molar-refractivity contribution is 1.03. The van der Waals surface area contributed by atoms with Gasteiger partial charge in [-0.25, -0.2) is 0 Å². The van der Waals surface area contributed by atoms with Gasteiger partial charge >= 0.3 is 0 Å². The Labute approximate surface area is 80.0 Å². The highest BCUT2D eigenvalue weighted by molar-refractivity contribution is 7.09. The van der Waals surface area contributed by atoms with Crippen LogP contribution in [0.15, 0.2) is 17.5 Å².